The van der Waals surface area contributed by atoms with E-state index < -0.39 is 0 Å². The lowest BCUT2D eigenvalue weighted by molar-refractivity contribution is -0.118. The minimum Gasteiger partial charge on any atom is -0.484 e. The number of nitrogens with zero attached hydrogens (tertiary/aromatic N) is 2. The number of hydrogen-bond acceptors (Lipinski definition) is 4. The van der Waals surface area contributed by atoms with Crippen LogP contribution in [0.4, 0.5) is 11.4 Å². The van der Waals surface area contributed by atoms with E-state index >= 15 is 0 Å². The van der Waals surface area contributed by atoms with Crippen molar-refractivity contribution in [2.24, 2.45) is 0 Å². The number of carbonyl (C=O) groups is 1. The Hall–Kier alpha value is -3.00. The van der Waals surface area contributed by atoms with Gasteiger partial charge in [-0.1, -0.05) is 6.07 Å². The molecule has 0 bridgehead atoms. The second kappa shape index (κ2) is 8.20. The van der Waals surface area contributed by atoms with Crippen molar-refractivity contribution < 1.29 is 9.53 Å². The zero-order valence-corrected chi connectivity index (χ0v) is 14.1. The molecule has 0 aromatic heterocycles. The smallest absolute Gasteiger partial charge is 0.262 e. The number of nitrogens with one attached hydrogen (secondary N) is 1. The fourth-order valence-corrected chi connectivity index (χ4v) is 2.91. The monoisotopic (exact) mass is 335 g/mol. The topological polar surface area (TPSA) is 65.4 Å². The number of anilines is 2. The first-order chi connectivity index (χ1) is 12.2. The summed E-state index contributed by atoms with van der Waals surface area (Å²) in [6, 6.07) is 16.7. The molecule has 2 aromatic carbocycles. The van der Waals surface area contributed by atoms with E-state index in [-0.39, 0.29) is 12.5 Å². The first kappa shape index (κ1) is 16.8. The van der Waals surface area contributed by atoms with Crippen LogP contribution in [-0.2, 0) is 4.79 Å². The fraction of sp³-hybridized carbons (Fsp3) is 0.300. The Labute approximate surface area is 147 Å². The number of ether oxygens (including phenoxy) is 1. The molecule has 1 aliphatic heterocycles. The summed E-state index contributed by atoms with van der Waals surface area (Å²) < 4.78 is 5.43. The van der Waals surface area contributed by atoms with Crippen LogP contribution in [0.2, 0.25) is 0 Å². The maximum atomic E-state index is 12.0. The molecule has 0 atom stereocenters. The van der Waals surface area contributed by atoms with Crippen molar-refractivity contribution in [1.82, 2.24) is 0 Å². The average molecular weight is 335 g/mol. The normalized spacial score (nSPS) is 13.8. The van der Waals surface area contributed by atoms with Gasteiger partial charge in [0.2, 0.25) is 0 Å². The predicted octanol–water partition coefficient (Wildman–Crippen LogP) is 3.57. The van der Waals surface area contributed by atoms with Gasteiger partial charge in [0.15, 0.2) is 6.61 Å². The second-order valence-electron chi connectivity index (χ2n) is 6.07. The van der Waals surface area contributed by atoms with Crippen molar-refractivity contribution in [3.63, 3.8) is 0 Å². The van der Waals surface area contributed by atoms with Gasteiger partial charge < -0.3 is 15.0 Å². The summed E-state index contributed by atoms with van der Waals surface area (Å²) in [7, 11) is 0. The van der Waals surface area contributed by atoms with Crippen LogP contribution in [0.15, 0.2) is 48.5 Å². The van der Waals surface area contributed by atoms with Crippen LogP contribution in [-0.4, -0.2) is 25.6 Å². The number of nitriles is 1. The molecule has 1 N–H and O–H groups in total. The number of hydrogen-bond donors (Lipinski definition) is 1. The summed E-state index contributed by atoms with van der Waals surface area (Å²) >= 11 is 0. The van der Waals surface area contributed by atoms with Crippen LogP contribution in [0.25, 0.3) is 0 Å². The molecule has 1 aliphatic rings. The minimum absolute atomic E-state index is 0.0945. The molecular weight excluding hydrogens is 314 g/mol. The first-order valence-corrected chi connectivity index (χ1v) is 8.52. The summed E-state index contributed by atoms with van der Waals surface area (Å²) in [6.07, 6.45) is 3.79. The number of carbonyl (C=O) groups excluding carboxylic acids is 1. The van der Waals surface area contributed by atoms with Crippen molar-refractivity contribution in [2.45, 2.75) is 19.3 Å². The summed E-state index contributed by atoms with van der Waals surface area (Å²) in [5.74, 6) is 0.280. The van der Waals surface area contributed by atoms with Gasteiger partial charge in [-0.2, -0.15) is 5.26 Å². The van der Waals surface area contributed by atoms with Crippen molar-refractivity contribution in [3.8, 4) is 11.8 Å². The van der Waals surface area contributed by atoms with E-state index in [1.165, 1.54) is 24.9 Å². The largest absolute Gasteiger partial charge is 0.484 e. The minimum atomic E-state index is -0.229. The van der Waals surface area contributed by atoms with Gasteiger partial charge in [-0.15, -0.1) is 0 Å². The van der Waals surface area contributed by atoms with E-state index in [2.05, 4.69) is 10.2 Å². The molecule has 0 unspecified atom stereocenters. The maximum absolute atomic E-state index is 12.0. The lowest BCUT2D eigenvalue weighted by atomic mass is 10.1. The van der Waals surface area contributed by atoms with Crippen LogP contribution in [0.1, 0.15) is 24.8 Å². The summed E-state index contributed by atoms with van der Waals surface area (Å²) in [6.45, 7) is 2.10. The first-order valence-electron chi connectivity index (χ1n) is 8.52. The van der Waals surface area contributed by atoms with Gasteiger partial charge in [-0.25, -0.2) is 0 Å². The Morgan fingerprint density at radius 3 is 2.60 bits per heavy atom. The van der Waals surface area contributed by atoms with Gasteiger partial charge in [0, 0.05) is 24.5 Å². The lowest BCUT2D eigenvalue weighted by Crippen LogP contribution is -2.29. The third-order valence-electron chi connectivity index (χ3n) is 4.21. The molecule has 0 saturated carbocycles. The lowest BCUT2D eigenvalue weighted by Gasteiger charge is -2.28. The standard InChI is InChI=1S/C20H21N3O2/c21-14-16-5-4-6-19(13-16)25-15-20(24)22-17-7-9-18(10-8-17)23-11-2-1-3-12-23/h4-10,13H,1-3,11-12,15H2,(H,22,24). The molecule has 0 spiro atoms. The molecule has 0 aliphatic carbocycles. The molecule has 0 radical (unpaired) electrons. The third-order valence-corrected chi connectivity index (χ3v) is 4.21. The number of amides is 1. The summed E-state index contributed by atoms with van der Waals surface area (Å²) in [4.78, 5) is 14.4. The van der Waals surface area contributed by atoms with Crippen LogP contribution in [0.5, 0.6) is 5.75 Å². The van der Waals surface area contributed by atoms with Crippen LogP contribution in [0.3, 0.4) is 0 Å². The molecule has 25 heavy (non-hydrogen) atoms. The molecular formula is C20H21N3O2. The van der Waals surface area contributed by atoms with E-state index in [9.17, 15) is 4.79 Å². The van der Waals surface area contributed by atoms with Gasteiger partial charge in [-0.3, -0.25) is 4.79 Å². The quantitative estimate of drug-likeness (QED) is 0.907. The van der Waals surface area contributed by atoms with Crippen molar-refractivity contribution in [2.75, 3.05) is 29.9 Å². The zero-order chi connectivity index (χ0) is 17.5. The van der Waals surface area contributed by atoms with Gasteiger partial charge in [0.05, 0.1) is 11.6 Å². The SMILES string of the molecule is N#Cc1cccc(OCC(=O)Nc2ccc(N3CCCCC3)cc2)c1. The third kappa shape index (κ3) is 4.74. The molecule has 1 heterocycles. The van der Waals surface area contributed by atoms with Crippen molar-refractivity contribution in [3.05, 3.63) is 54.1 Å². The fourth-order valence-electron chi connectivity index (χ4n) is 2.91. The Kier molecular flexibility index (Phi) is 5.53. The predicted molar refractivity (Wildman–Crippen MR) is 97.8 cm³/mol. The van der Waals surface area contributed by atoms with Crippen molar-refractivity contribution in [1.29, 1.82) is 5.26 Å². The number of rotatable bonds is 5. The highest BCUT2D eigenvalue weighted by molar-refractivity contribution is 5.92. The molecule has 2 aromatic rings. The Morgan fingerprint density at radius 2 is 1.88 bits per heavy atom. The molecule has 3 rings (SSSR count). The van der Waals surface area contributed by atoms with E-state index in [4.69, 9.17) is 10.00 Å². The average Bonchev–Trinajstić information content (AvgIpc) is 2.68. The van der Waals surface area contributed by atoms with Gasteiger partial charge in [0.1, 0.15) is 5.75 Å². The molecule has 128 valence electrons. The zero-order valence-electron chi connectivity index (χ0n) is 14.1. The summed E-state index contributed by atoms with van der Waals surface area (Å²) in [5.41, 5.74) is 2.45. The molecule has 5 heteroatoms. The molecule has 1 saturated heterocycles. The second-order valence-corrected chi connectivity index (χ2v) is 6.07. The highest BCUT2D eigenvalue weighted by Crippen LogP contribution is 2.21. The molecule has 1 amide bonds. The highest BCUT2D eigenvalue weighted by Gasteiger charge is 2.11. The van der Waals surface area contributed by atoms with Crippen LogP contribution >= 0.6 is 0 Å². The Balaban J connectivity index is 1.51. The van der Waals surface area contributed by atoms with Gasteiger partial charge >= 0.3 is 0 Å². The molecule has 1 fully saturated rings. The van der Waals surface area contributed by atoms with Gasteiger partial charge in [0.25, 0.3) is 5.91 Å². The van der Waals surface area contributed by atoms with E-state index in [0.717, 1.165) is 18.8 Å². The van der Waals surface area contributed by atoms with E-state index in [0.29, 0.717) is 11.3 Å². The van der Waals surface area contributed by atoms with Crippen molar-refractivity contribution >= 4 is 17.3 Å². The van der Waals surface area contributed by atoms with E-state index in [1.807, 2.05) is 30.3 Å². The highest BCUT2D eigenvalue weighted by atomic mass is 16.5. The molecule has 5 nitrogen and oxygen atoms in total. The van der Waals surface area contributed by atoms with E-state index in [1.54, 1.807) is 24.3 Å². The number of benzene rings is 2. The Morgan fingerprint density at radius 1 is 1.12 bits per heavy atom. The number of piperidine rings is 1. The van der Waals surface area contributed by atoms with Gasteiger partial charge in [-0.05, 0) is 61.7 Å². The van der Waals surface area contributed by atoms with Crippen LogP contribution < -0.4 is 15.0 Å². The Bertz CT molecular complexity index is 759. The van der Waals surface area contributed by atoms with Crippen LogP contribution in [0, 0.1) is 11.3 Å². The summed E-state index contributed by atoms with van der Waals surface area (Å²) in [5, 5.41) is 11.7. The maximum Gasteiger partial charge on any atom is 0.262 e.